The third-order valence-corrected chi connectivity index (χ3v) is 15.4. The number of hydrogen-bond donors (Lipinski definition) is 3. The summed E-state index contributed by atoms with van der Waals surface area (Å²) in [4.78, 5) is 14.7. The molecule has 0 bridgehead atoms. The lowest BCUT2D eigenvalue weighted by Crippen LogP contribution is -2.66. The van der Waals surface area contributed by atoms with Crippen LogP contribution in [0.15, 0.2) is 53.6 Å². The molecule has 1 saturated heterocycles. The molecule has 1 aromatic rings. The molecule has 14 unspecified atom stereocenters. The van der Waals surface area contributed by atoms with Crippen molar-refractivity contribution in [2.24, 2.45) is 46.3 Å². The Balaban J connectivity index is 1.11. The van der Waals surface area contributed by atoms with Gasteiger partial charge in [-0.15, -0.1) is 0 Å². The lowest BCUT2D eigenvalue weighted by atomic mass is 9.42. The predicted molar refractivity (Wildman–Crippen MR) is 176 cm³/mol. The Hall–Kier alpha value is -1.83. The lowest BCUT2D eigenvalue weighted by Gasteiger charge is -2.64. The topological polar surface area (TPSA) is 96.2 Å². The highest BCUT2D eigenvalue weighted by atomic mass is 16.5. The van der Waals surface area contributed by atoms with Crippen molar-refractivity contribution in [1.29, 1.82) is 0 Å². The van der Waals surface area contributed by atoms with Crippen molar-refractivity contribution < 1.29 is 29.6 Å². The van der Waals surface area contributed by atoms with Gasteiger partial charge in [0, 0.05) is 23.9 Å². The Morgan fingerprint density at radius 3 is 2.46 bits per heavy atom. The molecular weight excluding hydrogens is 576 g/mol. The van der Waals surface area contributed by atoms with Gasteiger partial charge in [-0.3, -0.25) is 4.79 Å². The quantitative estimate of drug-likeness (QED) is 0.346. The summed E-state index contributed by atoms with van der Waals surface area (Å²) in [6.45, 7) is 11.7. The molecule has 46 heavy (non-hydrogen) atoms. The van der Waals surface area contributed by atoms with Crippen LogP contribution in [0.4, 0.5) is 0 Å². The molecule has 1 aromatic carbocycles. The van der Waals surface area contributed by atoms with Crippen LogP contribution in [-0.4, -0.2) is 63.3 Å². The van der Waals surface area contributed by atoms with E-state index in [0.29, 0.717) is 38.4 Å². The molecular formula is C40H54O6. The number of fused-ring (bicyclic) bond motifs is 2. The molecule has 2 heterocycles. The number of Topliss-reactive ketones (excluding diaryl/α,β-unsaturated/α-hetero) is 1. The average Bonchev–Trinajstić information content (AvgIpc) is 3.51. The van der Waals surface area contributed by atoms with Gasteiger partial charge in [0.25, 0.3) is 0 Å². The van der Waals surface area contributed by atoms with Crippen molar-refractivity contribution >= 4 is 5.78 Å². The molecule has 3 saturated carbocycles. The van der Waals surface area contributed by atoms with Crippen molar-refractivity contribution in [2.45, 2.75) is 121 Å². The minimum atomic E-state index is -1.43. The molecule has 4 fully saturated rings. The first kappa shape index (κ1) is 31.4. The molecule has 0 aromatic heterocycles. The monoisotopic (exact) mass is 630 g/mol. The van der Waals surface area contributed by atoms with Gasteiger partial charge in [-0.1, -0.05) is 70.2 Å². The minimum absolute atomic E-state index is 0.0361. The maximum Gasteiger partial charge on any atom is 0.162 e. The highest BCUT2D eigenvalue weighted by Gasteiger charge is 2.74. The molecule has 6 heteroatoms. The zero-order chi connectivity index (χ0) is 32.4. The number of carbonyl (C=O) groups is 1. The van der Waals surface area contributed by atoms with Gasteiger partial charge in [-0.2, -0.15) is 0 Å². The maximum atomic E-state index is 14.7. The second-order valence-electron chi connectivity index (χ2n) is 17.4. The molecule has 2 aliphatic heterocycles. The van der Waals surface area contributed by atoms with Crippen LogP contribution in [0.2, 0.25) is 0 Å². The Bertz CT molecular complexity index is 1460. The number of hydrogen-bond acceptors (Lipinski definition) is 6. The van der Waals surface area contributed by atoms with Crippen LogP contribution < -0.4 is 0 Å². The van der Waals surface area contributed by atoms with E-state index >= 15 is 0 Å². The lowest BCUT2D eigenvalue weighted by molar-refractivity contribution is -0.198. The summed E-state index contributed by atoms with van der Waals surface area (Å²) in [5.41, 5.74) is -0.740. The van der Waals surface area contributed by atoms with E-state index in [1.807, 2.05) is 6.07 Å². The van der Waals surface area contributed by atoms with Crippen LogP contribution in [0.5, 0.6) is 0 Å². The first-order valence-electron chi connectivity index (χ1n) is 18.2. The van der Waals surface area contributed by atoms with Crippen LogP contribution >= 0.6 is 0 Å². The van der Waals surface area contributed by atoms with E-state index in [0.717, 1.165) is 43.3 Å². The van der Waals surface area contributed by atoms with Gasteiger partial charge in [0.15, 0.2) is 5.78 Å². The molecule has 250 valence electrons. The van der Waals surface area contributed by atoms with Crippen molar-refractivity contribution in [3.05, 3.63) is 59.2 Å². The molecule has 8 rings (SSSR count). The Morgan fingerprint density at radius 1 is 1.02 bits per heavy atom. The molecule has 1 spiro atoms. The van der Waals surface area contributed by atoms with Crippen LogP contribution in [0.25, 0.3) is 0 Å². The third-order valence-electron chi connectivity index (χ3n) is 15.4. The smallest absolute Gasteiger partial charge is 0.162 e. The van der Waals surface area contributed by atoms with Crippen LogP contribution in [-0.2, 0) is 14.3 Å². The first-order valence-corrected chi connectivity index (χ1v) is 18.2. The van der Waals surface area contributed by atoms with E-state index in [2.05, 4.69) is 64.1 Å². The summed E-state index contributed by atoms with van der Waals surface area (Å²) in [6.07, 6.45) is 9.30. The van der Waals surface area contributed by atoms with E-state index in [4.69, 9.17) is 9.47 Å². The number of ketones is 1. The van der Waals surface area contributed by atoms with Gasteiger partial charge in [-0.25, -0.2) is 0 Å². The number of allylic oxidation sites excluding steroid dienone is 1. The van der Waals surface area contributed by atoms with Gasteiger partial charge in [0.05, 0.1) is 29.5 Å². The average molecular weight is 631 g/mol. The highest BCUT2D eigenvalue weighted by Crippen LogP contribution is 2.73. The summed E-state index contributed by atoms with van der Waals surface area (Å²) in [6, 6.07) is 10.5. The Kier molecular flexibility index (Phi) is 7.07. The van der Waals surface area contributed by atoms with Crippen molar-refractivity contribution in [3.8, 4) is 0 Å². The van der Waals surface area contributed by atoms with E-state index in [-0.39, 0.29) is 46.7 Å². The summed E-state index contributed by atoms with van der Waals surface area (Å²) in [5.74, 6) is 0.586. The van der Waals surface area contributed by atoms with Gasteiger partial charge in [0.2, 0.25) is 0 Å². The van der Waals surface area contributed by atoms with Gasteiger partial charge < -0.3 is 24.8 Å². The van der Waals surface area contributed by atoms with Crippen molar-refractivity contribution in [2.75, 3.05) is 13.2 Å². The largest absolute Gasteiger partial charge is 0.387 e. The summed E-state index contributed by atoms with van der Waals surface area (Å²) < 4.78 is 12.7. The standard InChI is InChI=1S/C40H54O6/c1-23-21-45-34(24(23)2)35(42)38(5,43)31-19-27-11-12-28-32-29(14-15-37(31,4)40(27,32)44)36(3)17-18-39(20-30(36)33(28)41)16-13-26(22-46-39)25-9-7-6-8-10-25/h6-10,13,16,23-24,26-27,29-31,34-35,42-44H,11-12,14-15,17-22H2,1-5H3. The number of ether oxygens (including phenoxy) is 2. The highest BCUT2D eigenvalue weighted by molar-refractivity contribution is 6.00. The summed E-state index contributed by atoms with van der Waals surface area (Å²) in [7, 11) is 0. The van der Waals surface area contributed by atoms with Gasteiger partial charge in [-0.05, 0) is 110 Å². The number of rotatable bonds is 4. The fourth-order valence-corrected chi connectivity index (χ4v) is 12.2. The minimum Gasteiger partial charge on any atom is -0.387 e. The molecule has 0 amide bonds. The fraction of sp³-hybridized carbons (Fsp3) is 0.725. The SMILES string of the molecule is CC1COC(C(O)C(C)(O)C2CC3CCC4=C5C(CCC2(C)C53O)C2(C)CCC3(C=CC(c5ccccc5)CO3)CC2C4=O)C1C. The normalized spacial score (nSPS) is 49.9. The number of aliphatic hydroxyl groups is 3. The number of carbonyl (C=O) groups excluding carboxylic acids is 1. The van der Waals surface area contributed by atoms with Crippen molar-refractivity contribution in [3.63, 3.8) is 0 Å². The molecule has 14 atom stereocenters. The molecule has 0 radical (unpaired) electrons. The number of benzene rings is 1. The second kappa shape index (κ2) is 10.3. The van der Waals surface area contributed by atoms with Crippen LogP contribution in [0.1, 0.15) is 97.5 Å². The molecule has 3 N–H and O–H groups in total. The zero-order valence-corrected chi connectivity index (χ0v) is 28.4. The molecule has 7 aliphatic rings. The van der Waals surface area contributed by atoms with Crippen LogP contribution in [0, 0.1) is 46.3 Å². The summed E-state index contributed by atoms with van der Waals surface area (Å²) >= 11 is 0. The zero-order valence-electron chi connectivity index (χ0n) is 28.4. The van der Waals surface area contributed by atoms with Crippen LogP contribution in [0.3, 0.4) is 0 Å². The van der Waals surface area contributed by atoms with E-state index in [1.54, 1.807) is 6.92 Å². The number of aliphatic hydroxyl groups excluding tert-OH is 1. The van der Waals surface area contributed by atoms with E-state index in [1.165, 1.54) is 5.56 Å². The fourth-order valence-electron chi connectivity index (χ4n) is 12.2. The molecule has 6 nitrogen and oxygen atoms in total. The van der Waals surface area contributed by atoms with E-state index < -0.39 is 34.4 Å². The van der Waals surface area contributed by atoms with Crippen molar-refractivity contribution in [1.82, 2.24) is 0 Å². The Morgan fingerprint density at radius 2 is 1.78 bits per heavy atom. The Labute approximate surface area is 274 Å². The van der Waals surface area contributed by atoms with Gasteiger partial charge >= 0.3 is 0 Å². The summed E-state index contributed by atoms with van der Waals surface area (Å²) in [5, 5.41) is 37.1. The van der Waals surface area contributed by atoms with E-state index in [9.17, 15) is 20.1 Å². The predicted octanol–water partition coefficient (Wildman–Crippen LogP) is 6.14. The molecule has 5 aliphatic carbocycles. The second-order valence-corrected chi connectivity index (χ2v) is 17.4. The third kappa shape index (κ3) is 4.03. The van der Waals surface area contributed by atoms with Gasteiger partial charge in [0.1, 0.15) is 6.10 Å². The maximum absolute atomic E-state index is 14.7. The first-order chi connectivity index (χ1) is 21.8.